The van der Waals surface area contributed by atoms with E-state index in [4.69, 9.17) is 0 Å². The molecule has 0 radical (unpaired) electrons. The smallest absolute Gasteiger partial charge is 0.390 e. The minimum absolute atomic E-state index is 0.0313. The molecule has 3 spiro atoms. The molecule has 31 heavy (non-hydrogen) atoms. The number of phenols is 1. The van der Waals surface area contributed by atoms with Crippen molar-refractivity contribution >= 4 is 11.9 Å². The summed E-state index contributed by atoms with van der Waals surface area (Å²) in [6.45, 7) is 0.200. The summed E-state index contributed by atoms with van der Waals surface area (Å²) in [5.74, 6) is -0.409. The monoisotopic (exact) mass is 437 g/mol. The number of hydrogen-bond donors (Lipinski definition) is 4. The van der Waals surface area contributed by atoms with Gasteiger partial charge in [0.1, 0.15) is 11.3 Å². The van der Waals surface area contributed by atoms with E-state index in [-0.39, 0.29) is 31.6 Å². The highest BCUT2D eigenvalue weighted by molar-refractivity contribution is 6.07. The minimum atomic E-state index is -4.28. The number of benzene rings is 1. The van der Waals surface area contributed by atoms with Gasteiger partial charge in [0.15, 0.2) is 0 Å². The quantitative estimate of drug-likeness (QED) is 0.525. The van der Waals surface area contributed by atoms with Crippen LogP contribution >= 0.6 is 0 Å². The van der Waals surface area contributed by atoms with Crippen molar-refractivity contribution < 1.29 is 33.0 Å². The van der Waals surface area contributed by atoms with E-state index in [1.165, 1.54) is 0 Å². The number of phenolic OH excluding ortho intramolecular Hbond substituents is 1. The number of carbonyl (C=O) groups is 2. The zero-order valence-corrected chi connectivity index (χ0v) is 16.6. The molecule has 5 atom stereocenters. The average Bonchev–Trinajstić information content (AvgIpc) is 3.14. The average molecular weight is 437 g/mol. The topological polar surface area (TPSA) is 102 Å². The lowest BCUT2D eigenvalue weighted by molar-refractivity contribution is -0.176. The van der Waals surface area contributed by atoms with Crippen LogP contribution in [-0.2, 0) is 15.6 Å². The first-order valence-corrected chi connectivity index (χ1v) is 10.5. The number of nitrogens with one attached hydrogen (secondary N) is 2. The fourth-order valence-corrected chi connectivity index (χ4v) is 7.66. The van der Waals surface area contributed by atoms with Crippen LogP contribution in [0.2, 0.25) is 0 Å². The van der Waals surface area contributed by atoms with Gasteiger partial charge in [-0.3, -0.25) is 15.0 Å². The third kappa shape index (κ3) is 2.12. The molecule has 4 fully saturated rings. The van der Waals surface area contributed by atoms with Gasteiger partial charge in [0.05, 0.1) is 18.1 Å². The van der Waals surface area contributed by atoms with Crippen LogP contribution in [0.4, 0.5) is 18.0 Å². The van der Waals surface area contributed by atoms with Crippen molar-refractivity contribution in [1.82, 2.24) is 15.5 Å². The first kappa shape index (κ1) is 19.4. The zero-order valence-electron chi connectivity index (χ0n) is 16.6. The molecule has 5 aliphatic rings. The second-order valence-electron chi connectivity index (χ2n) is 9.97. The Morgan fingerprint density at radius 2 is 1.94 bits per heavy atom. The van der Waals surface area contributed by atoms with Gasteiger partial charge in [0.2, 0.25) is 0 Å². The van der Waals surface area contributed by atoms with Crippen LogP contribution in [0, 0.1) is 0 Å². The lowest BCUT2D eigenvalue weighted by atomic mass is 9.52. The van der Waals surface area contributed by atoms with Crippen LogP contribution in [0.25, 0.3) is 0 Å². The summed E-state index contributed by atoms with van der Waals surface area (Å²) in [7, 11) is 0. The predicted octanol–water partition coefficient (Wildman–Crippen LogP) is 1.41. The molecular weight excluding hydrogens is 415 g/mol. The molecule has 0 aromatic heterocycles. The molecular formula is C21H22F3N3O4. The number of amides is 3. The Hall–Kier alpha value is -2.33. The number of nitrogens with zero attached hydrogens (tertiary/aromatic N) is 1. The molecule has 7 nitrogen and oxygen atoms in total. The first-order valence-electron chi connectivity index (χ1n) is 10.5. The van der Waals surface area contributed by atoms with E-state index in [0.717, 1.165) is 11.1 Å². The molecule has 1 unspecified atom stereocenters. The number of alkyl halides is 3. The Balaban J connectivity index is 1.46. The van der Waals surface area contributed by atoms with Gasteiger partial charge in [-0.2, -0.15) is 13.2 Å². The third-order valence-electron chi connectivity index (χ3n) is 8.56. The summed E-state index contributed by atoms with van der Waals surface area (Å²) in [5.41, 5.74) is -2.31. The number of urea groups is 1. The molecule has 2 aliphatic heterocycles. The summed E-state index contributed by atoms with van der Waals surface area (Å²) in [6, 6.07) is 3.89. The Labute approximate surface area is 175 Å². The molecule has 2 saturated heterocycles. The van der Waals surface area contributed by atoms with Crippen molar-refractivity contribution in [1.29, 1.82) is 0 Å². The van der Waals surface area contributed by atoms with Crippen molar-refractivity contribution in [2.24, 2.45) is 0 Å². The van der Waals surface area contributed by atoms with Gasteiger partial charge in [-0.15, -0.1) is 0 Å². The maximum atomic E-state index is 12.9. The minimum Gasteiger partial charge on any atom is -0.508 e. The van der Waals surface area contributed by atoms with Crippen LogP contribution in [0.15, 0.2) is 18.2 Å². The van der Waals surface area contributed by atoms with Crippen LogP contribution in [-0.4, -0.2) is 63.5 Å². The fourth-order valence-electron chi connectivity index (χ4n) is 7.66. The lowest BCUT2D eigenvalue weighted by Crippen LogP contribution is -2.76. The Morgan fingerprint density at radius 1 is 1.16 bits per heavy atom. The molecule has 2 bridgehead atoms. The fraction of sp³-hybridized carbons (Fsp3) is 0.619. The van der Waals surface area contributed by atoms with Crippen LogP contribution in [0.5, 0.6) is 5.75 Å². The van der Waals surface area contributed by atoms with Crippen LogP contribution in [0.1, 0.15) is 43.2 Å². The van der Waals surface area contributed by atoms with Crippen molar-refractivity contribution in [2.75, 3.05) is 13.1 Å². The largest absolute Gasteiger partial charge is 0.508 e. The van der Waals surface area contributed by atoms with E-state index in [9.17, 15) is 33.0 Å². The molecule has 2 saturated carbocycles. The van der Waals surface area contributed by atoms with Crippen molar-refractivity contribution in [3.05, 3.63) is 29.3 Å². The zero-order chi connectivity index (χ0) is 22.0. The second-order valence-corrected chi connectivity index (χ2v) is 9.97. The summed E-state index contributed by atoms with van der Waals surface area (Å²) in [5, 5.41) is 27.3. The molecule has 3 amide bonds. The van der Waals surface area contributed by atoms with E-state index in [1.807, 2.05) is 0 Å². The molecule has 6 rings (SSSR count). The Kier molecular flexibility index (Phi) is 3.34. The number of likely N-dealkylation sites (tertiary alicyclic amines) is 1. The molecule has 1 aromatic carbocycles. The number of aromatic hydroxyl groups is 1. The molecule has 10 heteroatoms. The molecule has 1 aromatic rings. The normalized spacial score (nSPS) is 42.6. The highest BCUT2D eigenvalue weighted by Gasteiger charge is 2.82. The second kappa shape index (κ2) is 5.35. The van der Waals surface area contributed by atoms with Crippen molar-refractivity contribution in [3.8, 4) is 5.75 Å². The summed E-state index contributed by atoms with van der Waals surface area (Å²) < 4.78 is 38.7. The summed E-state index contributed by atoms with van der Waals surface area (Å²) >= 11 is 0. The highest BCUT2D eigenvalue weighted by atomic mass is 19.4. The number of carbonyl (C=O) groups excluding carboxylic acids is 2. The van der Waals surface area contributed by atoms with Crippen LogP contribution in [0.3, 0.4) is 0 Å². The van der Waals surface area contributed by atoms with E-state index in [2.05, 4.69) is 10.6 Å². The third-order valence-corrected chi connectivity index (χ3v) is 8.56. The van der Waals surface area contributed by atoms with Crippen molar-refractivity contribution in [3.63, 3.8) is 0 Å². The maximum Gasteiger partial charge on any atom is 0.390 e. The lowest BCUT2D eigenvalue weighted by Gasteiger charge is -2.63. The van der Waals surface area contributed by atoms with E-state index in [1.54, 1.807) is 23.1 Å². The van der Waals surface area contributed by atoms with Gasteiger partial charge in [-0.1, -0.05) is 6.07 Å². The summed E-state index contributed by atoms with van der Waals surface area (Å²) in [6.07, 6.45) is -4.23. The van der Waals surface area contributed by atoms with Gasteiger partial charge in [0, 0.05) is 23.9 Å². The molecule has 4 N–H and O–H groups in total. The Bertz CT molecular complexity index is 1050. The van der Waals surface area contributed by atoms with Gasteiger partial charge < -0.3 is 15.5 Å². The van der Waals surface area contributed by atoms with Crippen LogP contribution < -0.4 is 10.6 Å². The number of fused-ring (bicyclic) bond motifs is 2. The number of imide groups is 1. The summed E-state index contributed by atoms with van der Waals surface area (Å²) in [4.78, 5) is 26.3. The highest BCUT2D eigenvalue weighted by Crippen LogP contribution is 2.75. The maximum absolute atomic E-state index is 12.9. The van der Waals surface area contributed by atoms with E-state index in [0.29, 0.717) is 13.0 Å². The van der Waals surface area contributed by atoms with Crippen molar-refractivity contribution in [2.45, 2.75) is 66.3 Å². The number of halogens is 3. The molecule has 3 aliphatic carbocycles. The molecule has 166 valence electrons. The van der Waals surface area contributed by atoms with Gasteiger partial charge in [-0.25, -0.2) is 4.79 Å². The van der Waals surface area contributed by atoms with Gasteiger partial charge in [-0.05, 0) is 48.9 Å². The number of aliphatic hydroxyl groups is 1. The van der Waals surface area contributed by atoms with Gasteiger partial charge in [0.25, 0.3) is 5.91 Å². The first-order chi connectivity index (χ1) is 14.4. The van der Waals surface area contributed by atoms with E-state index < -0.39 is 52.5 Å². The Morgan fingerprint density at radius 3 is 2.61 bits per heavy atom. The SMILES string of the molecule is O=C1NC(=O)[C@@]2(CC[C@@]3(O)[C@@H]4N(CCC(F)(F)F)CC45C[C@@]3(C2)c2cc(O)ccc25)N1. The van der Waals surface area contributed by atoms with E-state index >= 15 is 0 Å². The predicted molar refractivity (Wildman–Crippen MR) is 100 cm³/mol. The number of hydrogen-bond acceptors (Lipinski definition) is 5. The van der Waals surface area contributed by atoms with Gasteiger partial charge >= 0.3 is 12.2 Å². The number of rotatable bonds is 2. The standard InChI is InChI=1S/C21H22F3N3O4/c22-21(23,24)5-6-27-10-17-8-18(13-7-11(28)1-2-12(13)17)9-19(15(29)25-16(30)26-19)3-4-20(18,31)14(17)27/h1-2,7,14,28,31H,3-6,8-10H2,(H2,25,26,29,30)/t14-,17?,18-,19+,20-/m1/s1. The molecule has 2 heterocycles.